The van der Waals surface area contributed by atoms with Crippen LogP contribution in [0.2, 0.25) is 5.02 Å². The minimum absolute atomic E-state index is 0.0288. The van der Waals surface area contributed by atoms with Gasteiger partial charge in [-0.1, -0.05) is 29.3 Å². The Labute approximate surface area is 153 Å². The fraction of sp³-hybridized carbons (Fsp3) is 0.350. The Kier molecular flexibility index (Phi) is 5.19. The van der Waals surface area contributed by atoms with Gasteiger partial charge < -0.3 is 14.8 Å². The largest absolute Gasteiger partial charge is 0.493 e. The lowest BCUT2D eigenvalue weighted by molar-refractivity contribution is -0.124. The van der Waals surface area contributed by atoms with Gasteiger partial charge in [-0.15, -0.1) is 0 Å². The average molecular weight is 360 g/mol. The Bertz CT molecular complexity index is 781. The van der Waals surface area contributed by atoms with Crippen molar-refractivity contribution < 1.29 is 14.3 Å². The monoisotopic (exact) mass is 359 g/mol. The van der Waals surface area contributed by atoms with E-state index in [1.807, 2.05) is 45.0 Å². The van der Waals surface area contributed by atoms with Crippen molar-refractivity contribution in [3.63, 3.8) is 0 Å². The minimum Gasteiger partial charge on any atom is -0.493 e. The van der Waals surface area contributed by atoms with Crippen LogP contribution in [0.15, 0.2) is 30.3 Å². The molecular formula is C20H22ClNO3. The van der Waals surface area contributed by atoms with Gasteiger partial charge in [0.05, 0.1) is 12.6 Å². The molecule has 0 bridgehead atoms. The number of benzene rings is 2. The highest BCUT2D eigenvalue weighted by Crippen LogP contribution is 2.32. The molecule has 1 amide bonds. The van der Waals surface area contributed by atoms with Gasteiger partial charge in [0.15, 0.2) is 6.61 Å². The predicted octanol–water partition coefficient (Wildman–Crippen LogP) is 4.28. The number of fused-ring (bicyclic) bond motifs is 1. The Morgan fingerprint density at radius 3 is 2.68 bits per heavy atom. The molecule has 0 radical (unpaired) electrons. The molecule has 2 aromatic carbocycles. The number of carbonyl (C=O) groups is 1. The minimum atomic E-state index is -0.149. The van der Waals surface area contributed by atoms with E-state index in [2.05, 4.69) is 11.4 Å². The Hall–Kier alpha value is -2.20. The zero-order chi connectivity index (χ0) is 18.0. The third kappa shape index (κ3) is 4.07. The first-order chi connectivity index (χ1) is 11.9. The molecule has 2 aromatic rings. The van der Waals surface area contributed by atoms with Gasteiger partial charge in [-0.3, -0.25) is 4.79 Å². The summed E-state index contributed by atoms with van der Waals surface area (Å²) in [5.41, 5.74) is 4.04. The molecule has 1 N–H and O–H groups in total. The van der Waals surface area contributed by atoms with E-state index in [0.717, 1.165) is 39.4 Å². The maximum atomic E-state index is 12.3. The van der Waals surface area contributed by atoms with Gasteiger partial charge in [0, 0.05) is 17.0 Å². The van der Waals surface area contributed by atoms with Gasteiger partial charge in [-0.25, -0.2) is 0 Å². The van der Waals surface area contributed by atoms with Crippen LogP contribution in [0.25, 0.3) is 0 Å². The smallest absolute Gasteiger partial charge is 0.258 e. The molecule has 0 saturated carbocycles. The number of carbonyl (C=O) groups excluding carboxylic acids is 1. The third-order valence-corrected chi connectivity index (χ3v) is 4.92. The quantitative estimate of drug-likeness (QED) is 0.886. The number of hydrogen-bond acceptors (Lipinski definition) is 3. The molecule has 0 aliphatic carbocycles. The number of halogens is 1. The van der Waals surface area contributed by atoms with Crippen molar-refractivity contribution in [2.24, 2.45) is 0 Å². The highest BCUT2D eigenvalue weighted by atomic mass is 35.5. The summed E-state index contributed by atoms with van der Waals surface area (Å²) < 4.78 is 11.3. The van der Waals surface area contributed by atoms with Crippen molar-refractivity contribution in [1.82, 2.24) is 5.32 Å². The van der Waals surface area contributed by atoms with Crippen molar-refractivity contribution in [2.45, 2.75) is 33.2 Å². The van der Waals surface area contributed by atoms with Crippen molar-refractivity contribution in [3.05, 3.63) is 57.6 Å². The molecule has 3 rings (SSSR count). The molecule has 5 heteroatoms. The van der Waals surface area contributed by atoms with Crippen molar-refractivity contribution in [3.8, 4) is 11.5 Å². The van der Waals surface area contributed by atoms with Gasteiger partial charge in [0.25, 0.3) is 5.91 Å². The first-order valence-electron chi connectivity index (χ1n) is 8.36. The molecule has 1 heterocycles. The molecule has 0 saturated heterocycles. The zero-order valence-electron chi connectivity index (χ0n) is 14.7. The number of amides is 1. The molecule has 1 aliphatic heterocycles. The van der Waals surface area contributed by atoms with E-state index in [1.54, 1.807) is 0 Å². The van der Waals surface area contributed by atoms with Gasteiger partial charge in [0.1, 0.15) is 11.5 Å². The fourth-order valence-corrected chi connectivity index (χ4v) is 3.15. The van der Waals surface area contributed by atoms with Crippen LogP contribution in [0, 0.1) is 20.8 Å². The first kappa shape index (κ1) is 17.6. The highest BCUT2D eigenvalue weighted by Gasteiger charge is 2.23. The number of rotatable bonds is 4. The molecule has 4 nitrogen and oxygen atoms in total. The molecule has 0 fully saturated rings. The summed E-state index contributed by atoms with van der Waals surface area (Å²) in [5, 5.41) is 3.77. The molecule has 1 unspecified atom stereocenters. The van der Waals surface area contributed by atoms with E-state index in [1.165, 1.54) is 0 Å². The van der Waals surface area contributed by atoms with Gasteiger partial charge in [-0.05, 0) is 50.1 Å². The molecule has 0 aromatic heterocycles. The van der Waals surface area contributed by atoms with Crippen LogP contribution in [-0.2, 0) is 4.79 Å². The van der Waals surface area contributed by atoms with Crippen LogP contribution in [0.1, 0.15) is 34.7 Å². The van der Waals surface area contributed by atoms with E-state index in [9.17, 15) is 4.79 Å². The second-order valence-corrected chi connectivity index (χ2v) is 6.84. The maximum Gasteiger partial charge on any atom is 0.258 e. The Balaban J connectivity index is 1.63. The summed E-state index contributed by atoms with van der Waals surface area (Å²) in [4.78, 5) is 12.3. The molecule has 1 aliphatic rings. The normalized spacial score (nSPS) is 15.9. The number of aryl methyl sites for hydroxylation is 3. The van der Waals surface area contributed by atoms with E-state index in [4.69, 9.17) is 21.1 Å². The molecular weight excluding hydrogens is 338 g/mol. The average Bonchev–Trinajstić information content (AvgIpc) is 2.58. The van der Waals surface area contributed by atoms with Gasteiger partial charge in [-0.2, -0.15) is 0 Å². The van der Waals surface area contributed by atoms with E-state index >= 15 is 0 Å². The highest BCUT2D eigenvalue weighted by molar-refractivity contribution is 6.32. The van der Waals surface area contributed by atoms with Crippen molar-refractivity contribution >= 4 is 17.5 Å². The number of nitrogens with one attached hydrogen (secondary N) is 1. The Morgan fingerprint density at radius 2 is 1.96 bits per heavy atom. The second kappa shape index (κ2) is 7.36. The van der Waals surface area contributed by atoms with Crippen LogP contribution in [0.4, 0.5) is 0 Å². The lowest BCUT2D eigenvalue weighted by Gasteiger charge is -2.27. The zero-order valence-corrected chi connectivity index (χ0v) is 15.4. The summed E-state index contributed by atoms with van der Waals surface area (Å²) in [7, 11) is 0. The summed E-state index contributed by atoms with van der Waals surface area (Å²) in [6.45, 7) is 6.44. The summed E-state index contributed by atoms with van der Waals surface area (Å²) in [6, 6.07) is 9.67. The topological polar surface area (TPSA) is 47.6 Å². The molecule has 1 atom stereocenters. The molecule has 0 spiro atoms. The van der Waals surface area contributed by atoms with Crippen LogP contribution in [0.3, 0.4) is 0 Å². The number of ether oxygens (including phenoxy) is 2. The Morgan fingerprint density at radius 1 is 1.24 bits per heavy atom. The predicted molar refractivity (Wildman–Crippen MR) is 98.6 cm³/mol. The standard InChI is InChI=1S/C20H22ClNO3/c1-12-4-5-18-16(8-12)17(6-7-24-18)22-19(23)11-25-15-9-13(2)20(21)14(3)10-15/h4-5,8-10,17H,6-7,11H2,1-3H3,(H,22,23). The summed E-state index contributed by atoms with van der Waals surface area (Å²) in [5.74, 6) is 1.34. The van der Waals surface area contributed by atoms with Gasteiger partial charge >= 0.3 is 0 Å². The van der Waals surface area contributed by atoms with Crippen LogP contribution in [0.5, 0.6) is 11.5 Å². The summed E-state index contributed by atoms with van der Waals surface area (Å²) >= 11 is 6.16. The van der Waals surface area contributed by atoms with E-state index in [0.29, 0.717) is 12.4 Å². The first-order valence-corrected chi connectivity index (χ1v) is 8.74. The van der Waals surface area contributed by atoms with Crippen molar-refractivity contribution in [2.75, 3.05) is 13.2 Å². The van der Waals surface area contributed by atoms with Crippen LogP contribution in [-0.4, -0.2) is 19.1 Å². The van der Waals surface area contributed by atoms with Crippen molar-refractivity contribution in [1.29, 1.82) is 0 Å². The lowest BCUT2D eigenvalue weighted by Crippen LogP contribution is -2.35. The van der Waals surface area contributed by atoms with Crippen LogP contribution >= 0.6 is 11.6 Å². The lowest BCUT2D eigenvalue weighted by atomic mass is 9.98. The number of hydrogen-bond donors (Lipinski definition) is 1. The summed E-state index contributed by atoms with van der Waals surface area (Å²) in [6.07, 6.45) is 0.751. The molecule has 132 valence electrons. The fourth-order valence-electron chi connectivity index (χ4n) is 3.04. The second-order valence-electron chi connectivity index (χ2n) is 6.46. The van der Waals surface area contributed by atoms with E-state index < -0.39 is 0 Å². The third-order valence-electron chi connectivity index (χ3n) is 4.32. The van der Waals surface area contributed by atoms with E-state index in [-0.39, 0.29) is 18.6 Å². The van der Waals surface area contributed by atoms with Crippen LogP contribution < -0.4 is 14.8 Å². The molecule has 25 heavy (non-hydrogen) atoms. The maximum absolute atomic E-state index is 12.3. The SMILES string of the molecule is Cc1ccc2c(c1)C(NC(=O)COc1cc(C)c(Cl)c(C)c1)CCO2. The van der Waals surface area contributed by atoms with Gasteiger partial charge in [0.2, 0.25) is 0 Å².